The highest BCUT2D eigenvalue weighted by atomic mass is 127. The van der Waals surface area contributed by atoms with Crippen molar-refractivity contribution in [2.75, 3.05) is 0 Å². The molecule has 0 fully saturated rings. The molecule has 1 aromatic heterocycles. The third-order valence-corrected chi connectivity index (χ3v) is 4.11. The zero-order chi connectivity index (χ0) is 11.7. The number of hydrogen-bond acceptors (Lipinski definition) is 2. The van der Waals surface area contributed by atoms with Crippen LogP contribution in [0.15, 0.2) is 24.4 Å². The van der Waals surface area contributed by atoms with Crippen molar-refractivity contribution < 1.29 is 0 Å². The monoisotopic (exact) mass is 384 g/mol. The Morgan fingerprint density at radius 3 is 2.56 bits per heavy atom. The SMILES string of the molecule is Clc1cccc(-c2ncc(I)c(Cl)n2)c1Cl. The highest BCUT2D eigenvalue weighted by Gasteiger charge is 2.10. The molecule has 0 amide bonds. The fourth-order valence-electron chi connectivity index (χ4n) is 1.15. The molecule has 0 saturated carbocycles. The van der Waals surface area contributed by atoms with Gasteiger partial charge in [0.2, 0.25) is 0 Å². The van der Waals surface area contributed by atoms with Crippen LogP contribution in [0.2, 0.25) is 15.2 Å². The molecule has 0 bridgehead atoms. The summed E-state index contributed by atoms with van der Waals surface area (Å²) in [6.45, 7) is 0. The van der Waals surface area contributed by atoms with Gasteiger partial charge in [0, 0.05) is 11.8 Å². The zero-order valence-corrected chi connectivity index (χ0v) is 12.1. The summed E-state index contributed by atoms with van der Waals surface area (Å²) in [7, 11) is 0. The summed E-state index contributed by atoms with van der Waals surface area (Å²) in [5, 5.41) is 1.31. The van der Waals surface area contributed by atoms with Gasteiger partial charge in [-0.3, -0.25) is 0 Å². The maximum atomic E-state index is 6.06. The van der Waals surface area contributed by atoms with E-state index in [1.54, 1.807) is 24.4 Å². The summed E-state index contributed by atoms with van der Waals surface area (Å²) in [6.07, 6.45) is 1.64. The average Bonchev–Trinajstić information content (AvgIpc) is 2.26. The average molecular weight is 385 g/mol. The molecule has 1 heterocycles. The molecular formula is C10H4Cl3IN2. The van der Waals surface area contributed by atoms with Gasteiger partial charge in [0.05, 0.1) is 13.6 Å². The Kier molecular flexibility index (Phi) is 3.89. The highest BCUT2D eigenvalue weighted by molar-refractivity contribution is 14.1. The minimum Gasteiger partial charge on any atom is -0.235 e. The van der Waals surface area contributed by atoms with E-state index < -0.39 is 0 Å². The van der Waals surface area contributed by atoms with Crippen molar-refractivity contribution in [2.45, 2.75) is 0 Å². The first-order valence-electron chi connectivity index (χ1n) is 4.22. The number of hydrogen-bond donors (Lipinski definition) is 0. The molecule has 0 N–H and O–H groups in total. The Morgan fingerprint density at radius 2 is 1.88 bits per heavy atom. The van der Waals surface area contributed by atoms with Crippen LogP contribution in [0.1, 0.15) is 0 Å². The van der Waals surface area contributed by atoms with Crippen LogP contribution in [0.5, 0.6) is 0 Å². The van der Waals surface area contributed by atoms with E-state index >= 15 is 0 Å². The van der Waals surface area contributed by atoms with E-state index in [-0.39, 0.29) is 0 Å². The fraction of sp³-hybridized carbons (Fsp3) is 0. The topological polar surface area (TPSA) is 25.8 Å². The van der Waals surface area contributed by atoms with E-state index in [1.165, 1.54) is 0 Å². The molecule has 2 aromatic rings. The number of halogens is 4. The van der Waals surface area contributed by atoms with Crippen molar-refractivity contribution in [2.24, 2.45) is 0 Å². The molecule has 0 aliphatic rings. The van der Waals surface area contributed by atoms with Crippen LogP contribution in [0.4, 0.5) is 0 Å². The van der Waals surface area contributed by atoms with E-state index in [1.807, 2.05) is 0 Å². The van der Waals surface area contributed by atoms with Crippen molar-refractivity contribution >= 4 is 57.4 Å². The van der Waals surface area contributed by atoms with Crippen LogP contribution in [-0.4, -0.2) is 9.97 Å². The summed E-state index contributed by atoms with van der Waals surface area (Å²) < 4.78 is 0.793. The van der Waals surface area contributed by atoms with Crippen LogP contribution in [0, 0.1) is 3.57 Å². The van der Waals surface area contributed by atoms with E-state index in [0.29, 0.717) is 26.6 Å². The van der Waals surface area contributed by atoms with Gasteiger partial charge in [-0.1, -0.05) is 40.9 Å². The second-order valence-electron chi connectivity index (χ2n) is 2.93. The predicted octanol–water partition coefficient (Wildman–Crippen LogP) is 4.71. The van der Waals surface area contributed by atoms with Crippen LogP contribution >= 0.6 is 57.4 Å². The Hall–Kier alpha value is -0.100. The van der Waals surface area contributed by atoms with Crippen LogP contribution in [0.3, 0.4) is 0 Å². The van der Waals surface area contributed by atoms with E-state index in [9.17, 15) is 0 Å². The Morgan fingerprint density at radius 1 is 1.12 bits per heavy atom. The molecule has 16 heavy (non-hydrogen) atoms. The number of rotatable bonds is 1. The van der Waals surface area contributed by atoms with E-state index in [2.05, 4.69) is 32.6 Å². The number of benzene rings is 1. The smallest absolute Gasteiger partial charge is 0.162 e. The predicted molar refractivity (Wildman–Crippen MR) is 75.2 cm³/mol. The summed E-state index contributed by atoms with van der Waals surface area (Å²) >= 11 is 20.0. The number of aromatic nitrogens is 2. The molecular weight excluding hydrogens is 381 g/mol. The molecule has 0 saturated heterocycles. The maximum Gasteiger partial charge on any atom is 0.162 e. The normalized spacial score (nSPS) is 10.5. The highest BCUT2D eigenvalue weighted by Crippen LogP contribution is 2.32. The molecule has 2 rings (SSSR count). The standard InChI is InChI=1S/C10H4Cl3IN2/c11-6-3-1-2-5(8(6)12)10-15-4-7(14)9(13)16-10/h1-4H. The second kappa shape index (κ2) is 5.04. The lowest BCUT2D eigenvalue weighted by atomic mass is 10.2. The maximum absolute atomic E-state index is 6.06. The van der Waals surface area contributed by atoms with Crippen LogP contribution in [0.25, 0.3) is 11.4 Å². The van der Waals surface area contributed by atoms with Gasteiger partial charge < -0.3 is 0 Å². The first kappa shape index (κ1) is 12.4. The summed E-state index contributed by atoms with van der Waals surface area (Å²) in [5.41, 5.74) is 0.674. The van der Waals surface area contributed by atoms with Crippen molar-refractivity contribution in [1.29, 1.82) is 0 Å². The molecule has 1 aromatic carbocycles. The molecule has 82 valence electrons. The summed E-state index contributed by atoms with van der Waals surface area (Å²) in [6, 6.07) is 5.30. The van der Waals surface area contributed by atoms with E-state index in [0.717, 1.165) is 3.57 Å². The van der Waals surface area contributed by atoms with Gasteiger partial charge >= 0.3 is 0 Å². The Bertz CT molecular complexity index is 546. The molecule has 0 radical (unpaired) electrons. The molecule has 0 aliphatic heterocycles. The first-order valence-corrected chi connectivity index (χ1v) is 6.43. The largest absolute Gasteiger partial charge is 0.235 e. The molecule has 0 atom stereocenters. The van der Waals surface area contributed by atoms with Gasteiger partial charge in [-0.05, 0) is 34.7 Å². The molecule has 2 nitrogen and oxygen atoms in total. The van der Waals surface area contributed by atoms with Gasteiger partial charge in [-0.2, -0.15) is 0 Å². The number of nitrogens with zero attached hydrogens (tertiary/aromatic N) is 2. The van der Waals surface area contributed by atoms with Crippen LogP contribution in [-0.2, 0) is 0 Å². The lowest BCUT2D eigenvalue weighted by molar-refractivity contribution is 1.16. The zero-order valence-electron chi connectivity index (χ0n) is 7.72. The van der Waals surface area contributed by atoms with Crippen molar-refractivity contribution in [3.8, 4) is 11.4 Å². The van der Waals surface area contributed by atoms with Gasteiger partial charge in [-0.25, -0.2) is 9.97 Å². The van der Waals surface area contributed by atoms with Crippen molar-refractivity contribution in [3.63, 3.8) is 0 Å². The molecule has 0 aliphatic carbocycles. The minimum absolute atomic E-state index is 0.404. The van der Waals surface area contributed by atoms with Crippen LogP contribution < -0.4 is 0 Å². The van der Waals surface area contributed by atoms with Gasteiger partial charge in [0.25, 0.3) is 0 Å². The third-order valence-electron chi connectivity index (χ3n) is 1.89. The Labute approximate surface area is 121 Å². The molecule has 0 unspecified atom stereocenters. The van der Waals surface area contributed by atoms with Crippen molar-refractivity contribution in [1.82, 2.24) is 9.97 Å². The van der Waals surface area contributed by atoms with Gasteiger partial charge in [-0.15, -0.1) is 0 Å². The lowest BCUT2D eigenvalue weighted by Crippen LogP contribution is -1.92. The third kappa shape index (κ3) is 2.42. The summed E-state index contributed by atoms with van der Waals surface area (Å²) in [4.78, 5) is 8.31. The lowest BCUT2D eigenvalue weighted by Gasteiger charge is -2.04. The molecule has 6 heteroatoms. The molecule has 0 spiro atoms. The quantitative estimate of drug-likeness (QED) is 0.525. The van der Waals surface area contributed by atoms with E-state index in [4.69, 9.17) is 34.8 Å². The van der Waals surface area contributed by atoms with Crippen molar-refractivity contribution in [3.05, 3.63) is 43.2 Å². The first-order chi connectivity index (χ1) is 7.59. The second-order valence-corrected chi connectivity index (χ2v) is 5.24. The fourth-order valence-corrected chi connectivity index (χ4v) is 1.93. The summed E-state index contributed by atoms with van der Waals surface area (Å²) in [5.74, 6) is 0.470. The van der Waals surface area contributed by atoms with Gasteiger partial charge in [0.1, 0.15) is 5.15 Å². The van der Waals surface area contributed by atoms with Gasteiger partial charge in [0.15, 0.2) is 5.82 Å². The Balaban J connectivity index is 2.59. The minimum atomic E-state index is 0.404.